The first kappa shape index (κ1) is 13.2. The molecule has 1 unspecified atom stereocenters. The normalized spacial score (nSPS) is 14.7. The highest BCUT2D eigenvalue weighted by Gasteiger charge is 2.15. The lowest BCUT2D eigenvalue weighted by atomic mass is 10.0. The monoisotopic (exact) mass is 267 g/mol. The first-order valence-electron chi connectivity index (χ1n) is 7.39. The Hall–Kier alpha value is -1.80. The Kier molecular flexibility index (Phi) is 4.03. The predicted molar refractivity (Wildman–Crippen MR) is 82.0 cm³/mol. The van der Waals surface area contributed by atoms with Crippen molar-refractivity contribution in [2.75, 3.05) is 6.61 Å². The maximum absolute atomic E-state index is 5.58. The van der Waals surface area contributed by atoms with E-state index in [1.807, 2.05) is 0 Å². The van der Waals surface area contributed by atoms with Crippen LogP contribution in [0.4, 0.5) is 0 Å². The van der Waals surface area contributed by atoms with Crippen LogP contribution in [0, 0.1) is 0 Å². The molecule has 3 rings (SSSR count). The lowest BCUT2D eigenvalue weighted by molar-refractivity contribution is 0.356. The minimum absolute atomic E-state index is 0.404. The Labute approximate surface area is 120 Å². The van der Waals surface area contributed by atoms with Crippen molar-refractivity contribution in [2.45, 2.75) is 32.4 Å². The molecule has 0 radical (unpaired) electrons. The fraction of sp³-hybridized carbons (Fsp3) is 0.333. The molecule has 0 amide bonds. The van der Waals surface area contributed by atoms with Gasteiger partial charge in [-0.05, 0) is 29.2 Å². The summed E-state index contributed by atoms with van der Waals surface area (Å²) in [5, 5.41) is 3.65. The summed E-state index contributed by atoms with van der Waals surface area (Å²) in [6.07, 6.45) is 2.13. The van der Waals surface area contributed by atoms with Crippen molar-refractivity contribution < 1.29 is 4.74 Å². The maximum Gasteiger partial charge on any atom is 0.122 e. The van der Waals surface area contributed by atoms with Crippen LogP contribution >= 0.6 is 0 Å². The zero-order valence-corrected chi connectivity index (χ0v) is 11.9. The van der Waals surface area contributed by atoms with Crippen LogP contribution in [0.5, 0.6) is 5.75 Å². The highest BCUT2D eigenvalue weighted by molar-refractivity contribution is 5.40. The van der Waals surface area contributed by atoms with E-state index in [4.69, 9.17) is 4.74 Å². The van der Waals surface area contributed by atoms with Crippen LogP contribution in [-0.4, -0.2) is 6.61 Å². The molecule has 1 atom stereocenters. The Morgan fingerprint density at radius 1 is 1.15 bits per heavy atom. The molecule has 0 bridgehead atoms. The zero-order valence-electron chi connectivity index (χ0n) is 11.9. The fourth-order valence-corrected chi connectivity index (χ4v) is 2.76. The molecular weight excluding hydrogens is 246 g/mol. The van der Waals surface area contributed by atoms with Crippen LogP contribution in [0.25, 0.3) is 0 Å². The Balaban J connectivity index is 1.70. The molecule has 0 aromatic heterocycles. The number of ether oxygens (including phenoxy) is 1. The minimum atomic E-state index is 0.404. The smallest absolute Gasteiger partial charge is 0.122 e. The van der Waals surface area contributed by atoms with Gasteiger partial charge in [0.15, 0.2) is 0 Å². The maximum atomic E-state index is 5.58. The Morgan fingerprint density at radius 3 is 2.80 bits per heavy atom. The molecule has 2 nitrogen and oxygen atoms in total. The largest absolute Gasteiger partial charge is 0.493 e. The molecule has 0 saturated carbocycles. The second-order valence-corrected chi connectivity index (χ2v) is 5.29. The highest BCUT2D eigenvalue weighted by atomic mass is 16.5. The molecule has 2 aromatic carbocycles. The number of rotatable bonds is 5. The van der Waals surface area contributed by atoms with Gasteiger partial charge < -0.3 is 10.1 Å². The zero-order chi connectivity index (χ0) is 13.8. The quantitative estimate of drug-likeness (QED) is 0.888. The van der Waals surface area contributed by atoms with Crippen molar-refractivity contribution in [3.63, 3.8) is 0 Å². The van der Waals surface area contributed by atoms with Crippen molar-refractivity contribution in [2.24, 2.45) is 0 Å². The molecule has 2 aromatic rings. The van der Waals surface area contributed by atoms with Crippen LogP contribution in [0.15, 0.2) is 48.5 Å². The lowest BCUT2D eigenvalue weighted by Crippen LogP contribution is -2.20. The summed E-state index contributed by atoms with van der Waals surface area (Å²) in [7, 11) is 0. The fourth-order valence-electron chi connectivity index (χ4n) is 2.76. The van der Waals surface area contributed by atoms with Gasteiger partial charge in [0.1, 0.15) is 5.75 Å². The number of fused-ring (bicyclic) bond motifs is 1. The van der Waals surface area contributed by atoms with Crippen molar-refractivity contribution >= 4 is 0 Å². The average molecular weight is 267 g/mol. The molecule has 20 heavy (non-hydrogen) atoms. The van der Waals surface area contributed by atoms with Gasteiger partial charge in [0.2, 0.25) is 0 Å². The van der Waals surface area contributed by atoms with Crippen LogP contribution in [0.1, 0.15) is 36.1 Å². The second-order valence-electron chi connectivity index (χ2n) is 5.29. The van der Waals surface area contributed by atoms with Gasteiger partial charge in [-0.15, -0.1) is 0 Å². The standard InChI is InChI=1S/C18H21NO/c1-2-17(19-13-14-6-4-3-5-7-14)15-8-9-18-16(12-15)10-11-20-18/h3-9,12,17,19H,2,10-11,13H2,1H3. The number of hydrogen-bond acceptors (Lipinski definition) is 2. The predicted octanol–water partition coefficient (Wildman–Crippen LogP) is 3.86. The summed E-state index contributed by atoms with van der Waals surface area (Å²) in [4.78, 5) is 0. The third kappa shape index (κ3) is 2.86. The Bertz CT molecular complexity index is 565. The van der Waals surface area contributed by atoms with Crippen molar-refractivity contribution in [3.8, 4) is 5.75 Å². The van der Waals surface area contributed by atoms with E-state index in [0.717, 1.165) is 31.7 Å². The van der Waals surface area contributed by atoms with Crippen molar-refractivity contribution in [1.82, 2.24) is 5.32 Å². The van der Waals surface area contributed by atoms with Gasteiger partial charge in [-0.2, -0.15) is 0 Å². The summed E-state index contributed by atoms with van der Waals surface area (Å²) < 4.78 is 5.58. The van der Waals surface area contributed by atoms with Gasteiger partial charge in [0.05, 0.1) is 6.61 Å². The van der Waals surface area contributed by atoms with E-state index in [2.05, 4.69) is 60.8 Å². The van der Waals surface area contributed by atoms with E-state index in [9.17, 15) is 0 Å². The van der Waals surface area contributed by atoms with E-state index in [-0.39, 0.29) is 0 Å². The van der Waals surface area contributed by atoms with Gasteiger partial charge in [-0.1, -0.05) is 49.4 Å². The summed E-state index contributed by atoms with van der Waals surface area (Å²) in [5.74, 6) is 1.06. The van der Waals surface area contributed by atoms with Crippen molar-refractivity contribution in [3.05, 3.63) is 65.2 Å². The first-order valence-corrected chi connectivity index (χ1v) is 7.39. The van der Waals surface area contributed by atoms with Gasteiger partial charge in [-0.3, -0.25) is 0 Å². The number of benzene rings is 2. The van der Waals surface area contributed by atoms with Crippen LogP contribution in [-0.2, 0) is 13.0 Å². The van der Waals surface area contributed by atoms with Crippen LogP contribution in [0.2, 0.25) is 0 Å². The molecule has 0 fully saturated rings. The third-order valence-corrected chi connectivity index (χ3v) is 3.92. The molecule has 1 aliphatic heterocycles. The van der Waals surface area contributed by atoms with Crippen LogP contribution in [0.3, 0.4) is 0 Å². The molecule has 2 heteroatoms. The second kappa shape index (κ2) is 6.10. The number of hydrogen-bond donors (Lipinski definition) is 1. The van der Waals surface area contributed by atoms with Crippen molar-refractivity contribution in [1.29, 1.82) is 0 Å². The SMILES string of the molecule is CCC(NCc1ccccc1)c1ccc2c(c1)CCO2. The topological polar surface area (TPSA) is 21.3 Å². The van der Waals surface area contributed by atoms with E-state index < -0.39 is 0 Å². The van der Waals surface area contributed by atoms with E-state index in [1.54, 1.807) is 0 Å². The lowest BCUT2D eigenvalue weighted by Gasteiger charge is -2.18. The first-order chi connectivity index (χ1) is 9.86. The molecule has 1 N–H and O–H groups in total. The molecule has 1 heterocycles. The van der Waals surface area contributed by atoms with Gasteiger partial charge in [0, 0.05) is 19.0 Å². The van der Waals surface area contributed by atoms with E-state index in [1.165, 1.54) is 16.7 Å². The van der Waals surface area contributed by atoms with Gasteiger partial charge in [-0.25, -0.2) is 0 Å². The third-order valence-electron chi connectivity index (χ3n) is 3.92. The Morgan fingerprint density at radius 2 is 2.00 bits per heavy atom. The van der Waals surface area contributed by atoms with Crippen LogP contribution < -0.4 is 10.1 Å². The molecule has 104 valence electrons. The average Bonchev–Trinajstić information content (AvgIpc) is 2.96. The van der Waals surface area contributed by atoms with Gasteiger partial charge in [0.25, 0.3) is 0 Å². The molecule has 1 aliphatic rings. The summed E-state index contributed by atoms with van der Waals surface area (Å²) in [6.45, 7) is 3.96. The minimum Gasteiger partial charge on any atom is -0.493 e. The number of nitrogens with one attached hydrogen (secondary N) is 1. The molecule has 0 saturated heterocycles. The van der Waals surface area contributed by atoms with E-state index >= 15 is 0 Å². The summed E-state index contributed by atoms with van der Waals surface area (Å²) in [5.41, 5.74) is 4.05. The highest BCUT2D eigenvalue weighted by Crippen LogP contribution is 2.29. The summed E-state index contributed by atoms with van der Waals surface area (Å²) >= 11 is 0. The molecule has 0 aliphatic carbocycles. The molecular formula is C18H21NO. The van der Waals surface area contributed by atoms with E-state index in [0.29, 0.717) is 6.04 Å². The molecule has 0 spiro atoms. The summed E-state index contributed by atoms with van der Waals surface area (Å²) in [6, 6.07) is 17.6. The van der Waals surface area contributed by atoms with Gasteiger partial charge >= 0.3 is 0 Å².